The molecule has 0 radical (unpaired) electrons. The first-order chi connectivity index (χ1) is 9.22. The van der Waals surface area contributed by atoms with Crippen LogP contribution in [0.15, 0.2) is 41.9 Å². The van der Waals surface area contributed by atoms with Gasteiger partial charge in [-0.3, -0.25) is 14.2 Å². The van der Waals surface area contributed by atoms with Crippen molar-refractivity contribution in [2.24, 2.45) is 0 Å². The maximum Gasteiger partial charge on any atom is 0.272 e. The van der Waals surface area contributed by atoms with Crippen LogP contribution < -0.4 is 0 Å². The molecular weight excluding hydrogens is 282 g/mol. The molecule has 0 N–H and O–H groups in total. The second-order valence-corrected chi connectivity index (χ2v) is 5.34. The molecule has 0 amide bonds. The van der Waals surface area contributed by atoms with Gasteiger partial charge in [-0.25, -0.2) is 0 Å². The number of nitrogens with zero attached hydrogens (tertiary/aromatic N) is 1. The van der Waals surface area contributed by atoms with Crippen molar-refractivity contribution < 1.29 is 9.59 Å². The Morgan fingerprint density at radius 1 is 1.26 bits per heavy atom. The first-order valence-corrected chi connectivity index (χ1v) is 6.81. The highest BCUT2D eigenvalue weighted by molar-refractivity contribution is 7.12. The lowest BCUT2D eigenvalue weighted by Gasteiger charge is -2.02. The van der Waals surface area contributed by atoms with Gasteiger partial charge in [-0.2, -0.15) is 0 Å². The summed E-state index contributed by atoms with van der Waals surface area (Å²) < 4.78 is 1.47. The highest BCUT2D eigenvalue weighted by Crippen LogP contribution is 2.28. The lowest BCUT2D eigenvalue weighted by atomic mass is 10.2. The van der Waals surface area contributed by atoms with E-state index in [4.69, 9.17) is 11.6 Å². The van der Waals surface area contributed by atoms with E-state index in [2.05, 4.69) is 0 Å². The van der Waals surface area contributed by atoms with Gasteiger partial charge in [0.05, 0.1) is 15.4 Å². The smallest absolute Gasteiger partial charge is 0.272 e. The van der Waals surface area contributed by atoms with Gasteiger partial charge < -0.3 is 0 Å². The third-order valence-electron chi connectivity index (χ3n) is 2.89. The topological polar surface area (TPSA) is 39.1 Å². The molecule has 0 spiro atoms. The van der Waals surface area contributed by atoms with Gasteiger partial charge in [0.25, 0.3) is 5.91 Å². The molecular formula is C14H8ClNO2S. The summed E-state index contributed by atoms with van der Waals surface area (Å²) in [6.45, 7) is 0. The Morgan fingerprint density at radius 2 is 2.11 bits per heavy atom. The van der Waals surface area contributed by atoms with E-state index < -0.39 is 0 Å². The predicted molar refractivity (Wildman–Crippen MR) is 76.4 cm³/mol. The van der Waals surface area contributed by atoms with Crippen LogP contribution in [-0.2, 0) is 0 Å². The molecule has 19 heavy (non-hydrogen) atoms. The minimum absolute atomic E-state index is 0.157. The summed E-state index contributed by atoms with van der Waals surface area (Å²) in [7, 11) is 0. The van der Waals surface area contributed by atoms with Gasteiger partial charge in [-0.1, -0.05) is 23.7 Å². The Bertz CT molecular complexity index is 774. The number of thiophene rings is 1. The summed E-state index contributed by atoms with van der Waals surface area (Å²) in [4.78, 5) is 24.1. The Morgan fingerprint density at radius 3 is 2.79 bits per heavy atom. The first-order valence-electron chi connectivity index (χ1n) is 5.55. The number of aldehydes is 1. The second kappa shape index (κ2) is 4.64. The minimum atomic E-state index is -0.157. The molecule has 0 aliphatic heterocycles. The fourth-order valence-corrected chi connectivity index (χ4v) is 2.99. The molecule has 0 saturated carbocycles. The van der Waals surface area contributed by atoms with Crippen LogP contribution in [-0.4, -0.2) is 16.8 Å². The van der Waals surface area contributed by atoms with Crippen LogP contribution in [0.5, 0.6) is 0 Å². The average Bonchev–Trinajstić information content (AvgIpc) is 3.06. The van der Waals surface area contributed by atoms with Gasteiger partial charge >= 0.3 is 0 Å². The van der Waals surface area contributed by atoms with E-state index in [0.717, 1.165) is 0 Å². The second-order valence-electron chi connectivity index (χ2n) is 3.99. The summed E-state index contributed by atoms with van der Waals surface area (Å²) in [6.07, 6.45) is 2.25. The van der Waals surface area contributed by atoms with Crippen molar-refractivity contribution >= 4 is 46.0 Å². The zero-order valence-corrected chi connectivity index (χ0v) is 11.2. The zero-order chi connectivity index (χ0) is 13.4. The number of hydrogen-bond donors (Lipinski definition) is 0. The molecule has 94 valence electrons. The number of hydrogen-bond acceptors (Lipinski definition) is 3. The van der Waals surface area contributed by atoms with Crippen LogP contribution in [0, 0.1) is 0 Å². The summed E-state index contributed by atoms with van der Waals surface area (Å²) in [6, 6.07) is 8.81. The van der Waals surface area contributed by atoms with Crippen molar-refractivity contribution in [3.63, 3.8) is 0 Å². The quantitative estimate of drug-likeness (QED) is 0.672. The first kappa shape index (κ1) is 12.1. The van der Waals surface area contributed by atoms with E-state index in [1.54, 1.807) is 24.3 Å². The SMILES string of the molecule is O=Cc1cn(C(=O)c2cccs2)c2cccc(Cl)c12. The molecule has 0 saturated heterocycles. The van der Waals surface area contributed by atoms with Gasteiger partial charge in [0.1, 0.15) is 0 Å². The van der Waals surface area contributed by atoms with Crippen molar-refractivity contribution in [3.05, 3.63) is 57.4 Å². The van der Waals surface area contributed by atoms with Gasteiger partial charge in [0, 0.05) is 17.1 Å². The van der Waals surface area contributed by atoms with Crippen molar-refractivity contribution in [2.45, 2.75) is 0 Å². The van der Waals surface area contributed by atoms with Crippen LogP contribution in [0.1, 0.15) is 20.0 Å². The van der Waals surface area contributed by atoms with E-state index in [1.807, 2.05) is 11.4 Å². The lowest BCUT2D eigenvalue weighted by molar-refractivity contribution is 0.0969. The van der Waals surface area contributed by atoms with Gasteiger partial charge in [-0.15, -0.1) is 11.3 Å². The monoisotopic (exact) mass is 289 g/mol. The molecule has 2 heterocycles. The molecule has 0 atom stereocenters. The molecule has 5 heteroatoms. The van der Waals surface area contributed by atoms with E-state index in [0.29, 0.717) is 32.7 Å². The maximum absolute atomic E-state index is 12.4. The summed E-state index contributed by atoms with van der Waals surface area (Å²) >= 11 is 7.47. The fourth-order valence-electron chi connectivity index (χ4n) is 2.05. The molecule has 2 aromatic heterocycles. The zero-order valence-electron chi connectivity index (χ0n) is 9.67. The lowest BCUT2D eigenvalue weighted by Crippen LogP contribution is -2.08. The van der Waals surface area contributed by atoms with Crippen molar-refractivity contribution in [1.29, 1.82) is 0 Å². The number of fused-ring (bicyclic) bond motifs is 1. The minimum Gasteiger partial charge on any atom is -0.298 e. The van der Waals surface area contributed by atoms with Crippen LogP contribution >= 0.6 is 22.9 Å². The standard InChI is InChI=1S/C14H8ClNO2S/c15-10-3-1-4-11-13(10)9(8-17)7-16(11)14(18)12-5-2-6-19-12/h1-8H. The molecule has 0 bridgehead atoms. The van der Waals surface area contributed by atoms with Gasteiger partial charge in [-0.05, 0) is 23.6 Å². The predicted octanol–water partition coefficient (Wildman–Crippen LogP) is 3.86. The van der Waals surface area contributed by atoms with E-state index >= 15 is 0 Å². The molecule has 0 aliphatic carbocycles. The fraction of sp³-hybridized carbons (Fsp3) is 0. The van der Waals surface area contributed by atoms with Crippen LogP contribution in [0.4, 0.5) is 0 Å². The third-order valence-corrected chi connectivity index (χ3v) is 4.06. The molecule has 1 aromatic carbocycles. The molecule has 0 fully saturated rings. The summed E-state index contributed by atoms with van der Waals surface area (Å²) in [5.74, 6) is -0.157. The summed E-state index contributed by atoms with van der Waals surface area (Å²) in [5, 5.41) is 2.92. The number of rotatable bonds is 2. The average molecular weight is 290 g/mol. The largest absolute Gasteiger partial charge is 0.298 e. The number of halogens is 1. The van der Waals surface area contributed by atoms with Crippen molar-refractivity contribution in [2.75, 3.05) is 0 Å². The molecule has 0 aliphatic rings. The van der Waals surface area contributed by atoms with Gasteiger partial charge in [0.15, 0.2) is 6.29 Å². The Hall–Kier alpha value is -1.91. The molecule has 3 rings (SSSR count). The number of carbonyl (C=O) groups is 2. The highest BCUT2D eigenvalue weighted by Gasteiger charge is 2.17. The molecule has 3 aromatic rings. The number of aromatic nitrogens is 1. The third kappa shape index (κ3) is 1.89. The Balaban J connectivity index is 2.28. The van der Waals surface area contributed by atoms with Gasteiger partial charge in [0.2, 0.25) is 0 Å². The van der Waals surface area contributed by atoms with Crippen LogP contribution in [0.2, 0.25) is 5.02 Å². The number of benzene rings is 1. The molecule has 0 unspecified atom stereocenters. The van der Waals surface area contributed by atoms with Crippen LogP contribution in [0.3, 0.4) is 0 Å². The highest BCUT2D eigenvalue weighted by atomic mass is 35.5. The van der Waals surface area contributed by atoms with Crippen molar-refractivity contribution in [3.8, 4) is 0 Å². The van der Waals surface area contributed by atoms with E-state index in [9.17, 15) is 9.59 Å². The van der Waals surface area contributed by atoms with E-state index in [-0.39, 0.29) is 5.91 Å². The molecule has 3 nitrogen and oxygen atoms in total. The Kier molecular flexibility index (Phi) is 2.97. The Labute approximate surface area is 118 Å². The summed E-state index contributed by atoms with van der Waals surface area (Å²) in [5.41, 5.74) is 1.07. The maximum atomic E-state index is 12.4. The van der Waals surface area contributed by atoms with Crippen molar-refractivity contribution in [1.82, 2.24) is 4.57 Å². The number of carbonyl (C=O) groups excluding carboxylic acids is 2. The normalized spacial score (nSPS) is 10.8. The van der Waals surface area contributed by atoms with Crippen LogP contribution in [0.25, 0.3) is 10.9 Å². The van der Waals surface area contributed by atoms with E-state index in [1.165, 1.54) is 22.1 Å².